The fourth-order valence-electron chi connectivity index (χ4n) is 5.18. The van der Waals surface area contributed by atoms with Crippen LogP contribution in [0.2, 0.25) is 0 Å². The van der Waals surface area contributed by atoms with Gasteiger partial charge in [0.15, 0.2) is 0 Å². The van der Waals surface area contributed by atoms with Gasteiger partial charge in [-0.1, -0.05) is 12.1 Å². The minimum absolute atomic E-state index is 0.0122. The third-order valence-electron chi connectivity index (χ3n) is 7.05. The number of methoxy groups -OCH3 is 1. The normalized spacial score (nSPS) is 17.9. The Balaban J connectivity index is 1.56. The number of hydrogen-bond acceptors (Lipinski definition) is 6. The average molecular weight is 544 g/mol. The summed E-state index contributed by atoms with van der Waals surface area (Å²) in [5.74, 6) is -0.259. The summed E-state index contributed by atoms with van der Waals surface area (Å²) in [6.07, 6.45) is 3.40. The Kier molecular flexibility index (Phi) is 7.93. The molecule has 4 rings (SSSR count). The molecule has 38 heavy (non-hydrogen) atoms. The highest BCUT2D eigenvalue weighted by Gasteiger charge is 2.30. The molecule has 0 radical (unpaired) electrons. The minimum Gasteiger partial charge on any atom is -0.496 e. The predicted molar refractivity (Wildman–Crippen MR) is 145 cm³/mol. The van der Waals surface area contributed by atoms with Crippen LogP contribution in [-0.4, -0.2) is 49.3 Å². The quantitative estimate of drug-likeness (QED) is 0.376. The van der Waals surface area contributed by atoms with Gasteiger partial charge < -0.3 is 15.8 Å². The second-order valence-electron chi connectivity index (χ2n) is 9.69. The zero-order valence-electron chi connectivity index (χ0n) is 21.7. The molecule has 2 amide bonds. The molecule has 2 aromatic carbocycles. The molecule has 0 saturated heterocycles. The van der Waals surface area contributed by atoms with Crippen LogP contribution in [-0.2, 0) is 21.4 Å². The van der Waals surface area contributed by atoms with Crippen molar-refractivity contribution >= 4 is 38.6 Å². The van der Waals surface area contributed by atoms with E-state index in [1.165, 1.54) is 4.57 Å². The van der Waals surface area contributed by atoms with Crippen LogP contribution in [0.1, 0.15) is 47.6 Å². The number of rotatable bonds is 9. The summed E-state index contributed by atoms with van der Waals surface area (Å²) in [6.45, 7) is 1.96. The van der Waals surface area contributed by atoms with Crippen molar-refractivity contribution in [3.63, 3.8) is 0 Å². The van der Waals surface area contributed by atoms with Gasteiger partial charge in [-0.3, -0.25) is 18.7 Å². The summed E-state index contributed by atoms with van der Waals surface area (Å²) in [4.78, 5) is 38.7. The number of primary amides is 1. The SMILES string of the molecule is COc1cc(NC(=O)[C@H]2CC[C@@H](n3c(=O)n(CCNS(C)(=O)=O)c4c(C(N)=O)cccc43)CC2)ccc1C. The number of fused-ring (bicyclic) bond motifs is 1. The van der Waals surface area contributed by atoms with Gasteiger partial charge in [0.25, 0.3) is 5.91 Å². The summed E-state index contributed by atoms with van der Waals surface area (Å²) in [7, 11) is -1.87. The molecule has 0 bridgehead atoms. The number of aryl methyl sites for hydroxylation is 1. The van der Waals surface area contributed by atoms with Crippen LogP contribution in [0.5, 0.6) is 5.75 Å². The second-order valence-corrected chi connectivity index (χ2v) is 11.5. The van der Waals surface area contributed by atoms with Gasteiger partial charge in [0.2, 0.25) is 15.9 Å². The van der Waals surface area contributed by atoms with Gasteiger partial charge >= 0.3 is 5.69 Å². The van der Waals surface area contributed by atoms with Crippen LogP contribution >= 0.6 is 0 Å². The highest BCUT2D eigenvalue weighted by Crippen LogP contribution is 2.35. The number of aromatic nitrogens is 2. The molecule has 1 aliphatic carbocycles. The largest absolute Gasteiger partial charge is 0.496 e. The number of ether oxygens (including phenoxy) is 1. The number of nitrogens with one attached hydrogen (secondary N) is 2. The number of para-hydroxylation sites is 1. The van der Waals surface area contributed by atoms with Gasteiger partial charge in [0, 0.05) is 36.8 Å². The first-order valence-corrected chi connectivity index (χ1v) is 14.3. The highest BCUT2D eigenvalue weighted by atomic mass is 32.2. The van der Waals surface area contributed by atoms with Gasteiger partial charge in [-0.15, -0.1) is 0 Å². The number of nitrogens with zero attached hydrogens (tertiary/aromatic N) is 2. The molecular formula is C26H33N5O6S. The monoisotopic (exact) mass is 543 g/mol. The lowest BCUT2D eigenvalue weighted by atomic mass is 9.85. The van der Waals surface area contributed by atoms with Gasteiger partial charge in [-0.25, -0.2) is 17.9 Å². The number of sulfonamides is 1. The lowest BCUT2D eigenvalue weighted by molar-refractivity contribution is -0.121. The molecule has 204 valence electrons. The summed E-state index contributed by atoms with van der Waals surface area (Å²) in [6, 6.07) is 10.3. The molecule has 1 aromatic heterocycles. The maximum Gasteiger partial charge on any atom is 0.329 e. The summed E-state index contributed by atoms with van der Waals surface area (Å²) in [5, 5.41) is 2.97. The van der Waals surface area contributed by atoms with E-state index in [4.69, 9.17) is 10.5 Å². The van der Waals surface area contributed by atoms with Gasteiger partial charge in [-0.2, -0.15) is 0 Å². The first kappa shape index (κ1) is 27.4. The van der Waals surface area contributed by atoms with Crippen molar-refractivity contribution in [2.75, 3.05) is 25.2 Å². The van der Waals surface area contributed by atoms with Crippen LogP contribution < -0.4 is 26.2 Å². The van der Waals surface area contributed by atoms with E-state index in [1.54, 1.807) is 35.9 Å². The number of carbonyl (C=O) groups is 2. The fourth-order valence-corrected chi connectivity index (χ4v) is 5.64. The number of anilines is 1. The molecule has 0 atom stereocenters. The number of hydrogen-bond donors (Lipinski definition) is 3. The fraction of sp³-hybridized carbons (Fsp3) is 0.423. The van der Waals surface area contributed by atoms with E-state index in [0.29, 0.717) is 48.2 Å². The number of carbonyl (C=O) groups excluding carboxylic acids is 2. The molecule has 1 fully saturated rings. The number of nitrogens with two attached hydrogens (primary N) is 1. The standard InChI is InChI=1S/C26H33N5O6S/c1-16-7-10-18(15-22(16)37-2)29-25(33)17-8-11-19(12-9-17)31-21-6-4-5-20(24(27)32)23(21)30(26(31)34)14-13-28-38(3,35)36/h4-7,10,15,17,19,28H,8-9,11-14H2,1-3H3,(H2,27,32)(H,29,33)/t17-,19+. The molecule has 1 heterocycles. The second kappa shape index (κ2) is 11.0. The van der Waals surface area contributed by atoms with Crippen LogP contribution in [0.4, 0.5) is 5.69 Å². The third kappa shape index (κ3) is 5.76. The van der Waals surface area contributed by atoms with Crippen molar-refractivity contribution in [1.82, 2.24) is 13.9 Å². The smallest absolute Gasteiger partial charge is 0.329 e. The third-order valence-corrected chi connectivity index (χ3v) is 7.78. The Hall–Kier alpha value is -3.64. The highest BCUT2D eigenvalue weighted by molar-refractivity contribution is 7.88. The van der Waals surface area contributed by atoms with Crippen LogP contribution in [0.15, 0.2) is 41.2 Å². The van der Waals surface area contributed by atoms with Crippen LogP contribution in [0.25, 0.3) is 11.0 Å². The van der Waals surface area contributed by atoms with Crippen LogP contribution in [0, 0.1) is 12.8 Å². The minimum atomic E-state index is -3.45. The molecule has 4 N–H and O–H groups in total. The molecule has 11 nitrogen and oxygen atoms in total. The van der Waals surface area contributed by atoms with Crippen molar-refractivity contribution in [1.29, 1.82) is 0 Å². The van der Waals surface area contributed by atoms with Crippen LogP contribution in [0.3, 0.4) is 0 Å². The molecule has 3 aromatic rings. The van der Waals surface area contributed by atoms with Crippen molar-refractivity contribution in [3.8, 4) is 5.75 Å². The molecule has 1 saturated carbocycles. The van der Waals surface area contributed by atoms with Gasteiger partial charge in [0.05, 0.1) is 30.0 Å². The van der Waals surface area contributed by atoms with Gasteiger partial charge in [-0.05, 0) is 56.4 Å². The van der Waals surface area contributed by atoms with Crippen molar-refractivity contribution in [2.24, 2.45) is 11.7 Å². The Morgan fingerprint density at radius 3 is 2.47 bits per heavy atom. The number of amides is 2. The predicted octanol–water partition coefficient (Wildman–Crippen LogP) is 2.14. The maximum atomic E-state index is 13.6. The van der Waals surface area contributed by atoms with E-state index in [0.717, 1.165) is 11.8 Å². The Labute approximate surface area is 221 Å². The number of imidazole rings is 1. The Morgan fingerprint density at radius 2 is 1.84 bits per heavy atom. The zero-order valence-corrected chi connectivity index (χ0v) is 22.5. The first-order valence-electron chi connectivity index (χ1n) is 12.4. The van der Waals surface area contributed by atoms with E-state index >= 15 is 0 Å². The summed E-state index contributed by atoms with van der Waals surface area (Å²) in [5.41, 5.74) is 8.03. The first-order chi connectivity index (χ1) is 18.0. The topological polar surface area (TPSA) is 155 Å². The summed E-state index contributed by atoms with van der Waals surface area (Å²) < 4.78 is 33.8. The maximum absolute atomic E-state index is 13.6. The molecule has 0 aliphatic heterocycles. The molecule has 0 spiro atoms. The Bertz CT molecular complexity index is 1530. The van der Waals surface area contributed by atoms with E-state index in [9.17, 15) is 22.8 Å². The lowest BCUT2D eigenvalue weighted by Gasteiger charge is -2.28. The number of benzene rings is 2. The van der Waals surface area contributed by atoms with E-state index in [-0.39, 0.29) is 42.2 Å². The molecular weight excluding hydrogens is 510 g/mol. The average Bonchev–Trinajstić information content (AvgIpc) is 3.15. The zero-order chi connectivity index (χ0) is 27.6. The Morgan fingerprint density at radius 1 is 1.13 bits per heavy atom. The molecule has 1 aliphatic rings. The van der Waals surface area contributed by atoms with E-state index < -0.39 is 15.9 Å². The van der Waals surface area contributed by atoms with E-state index in [2.05, 4.69) is 10.0 Å². The van der Waals surface area contributed by atoms with E-state index in [1.807, 2.05) is 19.1 Å². The lowest BCUT2D eigenvalue weighted by Crippen LogP contribution is -2.34. The van der Waals surface area contributed by atoms with Crippen molar-refractivity contribution in [2.45, 2.75) is 45.2 Å². The van der Waals surface area contributed by atoms with Crippen molar-refractivity contribution < 1.29 is 22.7 Å². The van der Waals surface area contributed by atoms with Gasteiger partial charge in [0.1, 0.15) is 5.75 Å². The van der Waals surface area contributed by atoms with Crippen molar-refractivity contribution in [3.05, 3.63) is 58.0 Å². The summed E-state index contributed by atoms with van der Waals surface area (Å²) >= 11 is 0. The molecule has 0 unspecified atom stereocenters. The molecule has 12 heteroatoms.